The minimum atomic E-state index is -4.00. The van der Waals surface area contributed by atoms with Gasteiger partial charge in [-0.05, 0) is 48.9 Å². The first kappa shape index (κ1) is 25.1. The molecule has 0 bridgehead atoms. The van der Waals surface area contributed by atoms with Crippen LogP contribution in [0.1, 0.15) is 17.3 Å². The number of carboxylic acids is 1. The van der Waals surface area contributed by atoms with Gasteiger partial charge in [-0.1, -0.05) is 35.9 Å². The van der Waals surface area contributed by atoms with E-state index in [9.17, 15) is 22.7 Å². The summed E-state index contributed by atoms with van der Waals surface area (Å²) in [5.41, 5.74) is 1.20. The van der Waals surface area contributed by atoms with Crippen LogP contribution in [-0.4, -0.2) is 56.6 Å². The number of rotatable bonds is 6. The first-order valence-electron chi connectivity index (χ1n) is 10.9. The van der Waals surface area contributed by atoms with Crippen LogP contribution in [0.15, 0.2) is 65.6 Å². The Morgan fingerprint density at radius 1 is 1.17 bits per heavy atom. The van der Waals surface area contributed by atoms with Crippen LogP contribution in [0.25, 0.3) is 11.1 Å². The summed E-state index contributed by atoms with van der Waals surface area (Å²) in [5.74, 6) is -2.33. The molecule has 3 aromatic rings. The van der Waals surface area contributed by atoms with Crippen molar-refractivity contribution < 1.29 is 27.4 Å². The minimum Gasteiger partial charge on any atom is -0.478 e. The Morgan fingerprint density at radius 3 is 2.54 bits per heavy atom. The molecule has 1 atom stereocenters. The highest BCUT2D eigenvalue weighted by atomic mass is 35.5. The highest BCUT2D eigenvalue weighted by Gasteiger charge is 2.37. The average molecular weight is 519 g/mol. The van der Waals surface area contributed by atoms with Gasteiger partial charge in [0.1, 0.15) is 10.7 Å². The lowest BCUT2D eigenvalue weighted by Gasteiger charge is -2.29. The van der Waals surface area contributed by atoms with Gasteiger partial charge in [0.2, 0.25) is 10.0 Å². The fourth-order valence-electron chi connectivity index (χ4n) is 4.08. The minimum absolute atomic E-state index is 0.00320. The molecular formula is C25H24ClFN2O5S. The normalized spacial score (nSPS) is 17.6. The van der Waals surface area contributed by atoms with E-state index < -0.39 is 33.4 Å². The van der Waals surface area contributed by atoms with Crippen LogP contribution in [-0.2, 0) is 14.8 Å². The van der Waals surface area contributed by atoms with E-state index in [0.717, 1.165) is 17.8 Å². The maximum atomic E-state index is 14.0. The SMILES string of the molecule is CCOC[C@@H]1CN(c2ccccc2)c2cc(Cl)c(-c3ccc(F)c(C(=O)O)c3)cc2S(=O)(=O)N1C. The van der Waals surface area contributed by atoms with Crippen molar-refractivity contribution in [2.75, 3.05) is 31.7 Å². The molecule has 0 saturated carbocycles. The third-order valence-corrected chi connectivity index (χ3v) is 8.25. The number of likely N-dealkylation sites (N-methyl/N-ethyl adjacent to an activating group) is 1. The Bertz CT molecular complexity index is 1370. The standard InChI is InChI=1S/C25H24ClFN2O5S/c1-3-34-15-18-14-29(17-7-5-4-6-8-17)23-13-21(26)19(12-24(23)35(32,33)28(18)2)16-9-10-22(27)20(11-16)25(30)31/h4-13,18H,3,14-15H2,1-2H3,(H,30,31)/t18-/m0/s1. The molecule has 1 aliphatic rings. The highest BCUT2D eigenvalue weighted by Crippen LogP contribution is 2.42. The molecule has 0 aliphatic carbocycles. The van der Waals surface area contributed by atoms with Crippen molar-refractivity contribution in [3.8, 4) is 11.1 Å². The average Bonchev–Trinajstić information content (AvgIpc) is 2.91. The van der Waals surface area contributed by atoms with Gasteiger partial charge in [-0.25, -0.2) is 17.6 Å². The largest absolute Gasteiger partial charge is 0.478 e. The second kappa shape index (κ2) is 9.94. The van der Waals surface area contributed by atoms with E-state index in [1.54, 1.807) is 6.07 Å². The number of fused-ring (bicyclic) bond motifs is 1. The number of carboxylic acid groups (broad SMARTS) is 1. The molecule has 0 spiro atoms. The molecule has 7 nitrogen and oxygen atoms in total. The molecule has 0 saturated heterocycles. The number of para-hydroxylation sites is 1. The van der Waals surface area contributed by atoms with Gasteiger partial charge in [-0.15, -0.1) is 0 Å². The quantitative estimate of drug-likeness (QED) is 0.493. The summed E-state index contributed by atoms with van der Waals surface area (Å²) in [7, 11) is -2.49. The molecule has 4 rings (SSSR count). The Morgan fingerprint density at radius 2 is 1.89 bits per heavy atom. The molecule has 0 aromatic heterocycles. The number of sulfonamides is 1. The third-order valence-electron chi connectivity index (χ3n) is 5.99. The summed E-state index contributed by atoms with van der Waals surface area (Å²) in [6.07, 6.45) is 0. The van der Waals surface area contributed by atoms with Crippen molar-refractivity contribution in [2.45, 2.75) is 17.9 Å². The van der Waals surface area contributed by atoms with Gasteiger partial charge in [-0.3, -0.25) is 0 Å². The lowest BCUT2D eigenvalue weighted by atomic mass is 10.0. The van der Waals surface area contributed by atoms with E-state index in [1.165, 1.54) is 23.5 Å². The summed E-state index contributed by atoms with van der Waals surface area (Å²) >= 11 is 6.62. The van der Waals surface area contributed by atoms with Crippen LogP contribution >= 0.6 is 11.6 Å². The van der Waals surface area contributed by atoms with Gasteiger partial charge < -0.3 is 14.7 Å². The van der Waals surface area contributed by atoms with E-state index >= 15 is 0 Å². The summed E-state index contributed by atoms with van der Waals surface area (Å²) in [4.78, 5) is 13.3. The maximum Gasteiger partial charge on any atom is 0.338 e. The fraction of sp³-hybridized carbons (Fsp3) is 0.240. The van der Waals surface area contributed by atoms with E-state index in [2.05, 4.69) is 0 Å². The van der Waals surface area contributed by atoms with Crippen LogP contribution in [0.2, 0.25) is 5.02 Å². The van der Waals surface area contributed by atoms with Gasteiger partial charge in [0.15, 0.2) is 0 Å². The predicted molar refractivity (Wildman–Crippen MR) is 132 cm³/mol. The van der Waals surface area contributed by atoms with E-state index in [0.29, 0.717) is 18.8 Å². The Hall–Kier alpha value is -2.98. The molecule has 0 fully saturated rings. The van der Waals surface area contributed by atoms with E-state index in [1.807, 2.05) is 42.2 Å². The number of nitrogens with zero attached hydrogens (tertiary/aromatic N) is 2. The van der Waals surface area contributed by atoms with Crippen molar-refractivity contribution in [3.05, 3.63) is 77.1 Å². The summed E-state index contributed by atoms with van der Waals surface area (Å²) in [6.45, 7) is 2.80. The Kier molecular flexibility index (Phi) is 7.14. The zero-order valence-electron chi connectivity index (χ0n) is 19.1. The smallest absolute Gasteiger partial charge is 0.338 e. The van der Waals surface area contributed by atoms with Crippen LogP contribution < -0.4 is 4.90 Å². The van der Waals surface area contributed by atoms with Crippen molar-refractivity contribution in [1.29, 1.82) is 0 Å². The number of carbonyl (C=O) groups is 1. The van der Waals surface area contributed by atoms with Gasteiger partial charge in [0.25, 0.3) is 0 Å². The molecule has 0 amide bonds. The lowest BCUT2D eigenvalue weighted by Crippen LogP contribution is -2.43. The highest BCUT2D eigenvalue weighted by molar-refractivity contribution is 7.89. The second-order valence-corrected chi connectivity index (χ2v) is 10.5. The zero-order valence-corrected chi connectivity index (χ0v) is 20.7. The van der Waals surface area contributed by atoms with E-state index in [-0.39, 0.29) is 27.7 Å². The van der Waals surface area contributed by atoms with Gasteiger partial charge in [0.05, 0.1) is 28.9 Å². The van der Waals surface area contributed by atoms with Gasteiger partial charge in [-0.2, -0.15) is 4.31 Å². The topological polar surface area (TPSA) is 87.1 Å². The second-order valence-electron chi connectivity index (χ2n) is 8.08. The molecule has 1 N–H and O–H groups in total. The van der Waals surface area contributed by atoms with Crippen molar-refractivity contribution in [2.24, 2.45) is 0 Å². The first-order chi connectivity index (χ1) is 16.6. The maximum absolute atomic E-state index is 14.0. The zero-order chi connectivity index (χ0) is 25.3. The molecule has 184 valence electrons. The molecular weight excluding hydrogens is 495 g/mol. The molecule has 0 radical (unpaired) electrons. The van der Waals surface area contributed by atoms with Crippen molar-refractivity contribution in [3.63, 3.8) is 0 Å². The van der Waals surface area contributed by atoms with Crippen LogP contribution in [0.3, 0.4) is 0 Å². The Labute approximate surface area is 208 Å². The van der Waals surface area contributed by atoms with E-state index in [4.69, 9.17) is 16.3 Å². The monoisotopic (exact) mass is 518 g/mol. The number of hydrogen-bond donors (Lipinski definition) is 1. The summed E-state index contributed by atoms with van der Waals surface area (Å²) in [6, 6.07) is 15.4. The summed E-state index contributed by atoms with van der Waals surface area (Å²) in [5, 5.41) is 9.52. The lowest BCUT2D eigenvalue weighted by molar-refractivity contribution is 0.0692. The molecule has 0 unspecified atom stereocenters. The molecule has 3 aromatic carbocycles. The first-order valence-corrected chi connectivity index (χ1v) is 12.7. The van der Waals surface area contributed by atoms with Crippen molar-refractivity contribution in [1.82, 2.24) is 4.31 Å². The van der Waals surface area contributed by atoms with Crippen LogP contribution in [0.5, 0.6) is 0 Å². The Balaban J connectivity index is 1.95. The number of ether oxygens (including phenoxy) is 1. The molecule has 1 aliphatic heterocycles. The van der Waals surface area contributed by atoms with Gasteiger partial charge in [0, 0.05) is 31.5 Å². The summed E-state index contributed by atoms with van der Waals surface area (Å²) < 4.78 is 48.4. The predicted octanol–water partition coefficient (Wildman–Crippen LogP) is 5.02. The number of aromatic carboxylic acids is 1. The molecule has 1 heterocycles. The van der Waals surface area contributed by atoms with Crippen molar-refractivity contribution >= 4 is 39.0 Å². The third kappa shape index (κ3) is 4.77. The number of hydrogen-bond acceptors (Lipinski definition) is 5. The van der Waals surface area contributed by atoms with Crippen LogP contribution in [0, 0.1) is 5.82 Å². The number of anilines is 2. The molecule has 10 heteroatoms. The number of halogens is 2. The van der Waals surface area contributed by atoms with Gasteiger partial charge >= 0.3 is 5.97 Å². The fourth-order valence-corrected chi connectivity index (χ4v) is 5.88. The van der Waals surface area contributed by atoms with Crippen LogP contribution in [0.4, 0.5) is 15.8 Å². The number of benzene rings is 3. The molecule has 35 heavy (non-hydrogen) atoms.